The highest BCUT2D eigenvalue weighted by Gasteiger charge is 2.16. The van der Waals surface area contributed by atoms with Crippen molar-refractivity contribution >= 4 is 33.5 Å². The summed E-state index contributed by atoms with van der Waals surface area (Å²) in [7, 11) is 0. The summed E-state index contributed by atoms with van der Waals surface area (Å²) in [5.74, 6) is -0.646. The predicted octanol–water partition coefficient (Wildman–Crippen LogP) is 3.91. The molecule has 0 heterocycles. The van der Waals surface area contributed by atoms with Crippen LogP contribution in [0.25, 0.3) is 0 Å². The second-order valence-electron chi connectivity index (χ2n) is 5.27. The Hall–Kier alpha value is -2.85. The quantitative estimate of drug-likeness (QED) is 0.691. The van der Waals surface area contributed by atoms with E-state index >= 15 is 0 Å². The molecule has 134 valence electrons. The molecule has 2 aromatic rings. The van der Waals surface area contributed by atoms with Crippen LogP contribution in [0.3, 0.4) is 0 Å². The number of hydrogen-bond acceptors (Lipinski definition) is 5. The van der Waals surface area contributed by atoms with Gasteiger partial charge in [-0.25, -0.2) is 4.79 Å². The van der Waals surface area contributed by atoms with Gasteiger partial charge < -0.3 is 14.8 Å². The van der Waals surface area contributed by atoms with Crippen LogP contribution in [0.2, 0.25) is 0 Å². The Morgan fingerprint density at radius 2 is 2.00 bits per heavy atom. The van der Waals surface area contributed by atoms with Gasteiger partial charge >= 0.3 is 5.97 Å². The largest absolute Gasteiger partial charge is 0.482 e. The molecule has 26 heavy (non-hydrogen) atoms. The maximum absolute atomic E-state index is 12.2. The first kappa shape index (κ1) is 19.5. The van der Waals surface area contributed by atoms with Gasteiger partial charge in [-0.05, 0) is 36.8 Å². The normalized spacial score (nSPS) is 9.88. The van der Waals surface area contributed by atoms with Crippen LogP contribution in [0.15, 0.2) is 46.9 Å². The predicted molar refractivity (Wildman–Crippen MR) is 100.0 cm³/mol. The van der Waals surface area contributed by atoms with E-state index in [4.69, 9.17) is 14.7 Å². The molecule has 7 heteroatoms. The van der Waals surface area contributed by atoms with E-state index in [9.17, 15) is 9.59 Å². The number of hydrogen-bond donors (Lipinski definition) is 1. The minimum Gasteiger partial charge on any atom is -0.482 e. The molecule has 0 aromatic heterocycles. The van der Waals surface area contributed by atoms with Crippen LogP contribution in [-0.4, -0.2) is 25.1 Å². The molecule has 2 aromatic carbocycles. The highest BCUT2D eigenvalue weighted by molar-refractivity contribution is 9.10. The standard InChI is InChI=1S/C19H17BrN2O4/c1-2-9-25-19(24)15-10-14(20)7-8-16(15)22-18(23)12-26-17-6-4-3-5-13(17)11-21/h3-8,10H,2,9,12H2,1H3,(H,22,23). The first-order valence-corrected chi connectivity index (χ1v) is 8.73. The summed E-state index contributed by atoms with van der Waals surface area (Å²) in [5.41, 5.74) is 0.919. The molecule has 1 amide bonds. The average molecular weight is 417 g/mol. The van der Waals surface area contributed by atoms with E-state index in [0.717, 1.165) is 0 Å². The molecular weight excluding hydrogens is 400 g/mol. The number of para-hydroxylation sites is 1. The van der Waals surface area contributed by atoms with Crippen LogP contribution in [0.4, 0.5) is 5.69 Å². The molecule has 0 saturated carbocycles. The van der Waals surface area contributed by atoms with Gasteiger partial charge in [0.1, 0.15) is 11.8 Å². The Bertz CT molecular complexity index is 846. The number of benzene rings is 2. The van der Waals surface area contributed by atoms with Gasteiger partial charge in [0, 0.05) is 4.47 Å². The number of nitrogens with one attached hydrogen (secondary N) is 1. The van der Waals surface area contributed by atoms with Crippen molar-refractivity contribution in [2.75, 3.05) is 18.5 Å². The van der Waals surface area contributed by atoms with Gasteiger partial charge in [-0.15, -0.1) is 0 Å². The van der Waals surface area contributed by atoms with Crippen molar-refractivity contribution in [3.05, 3.63) is 58.1 Å². The third-order valence-corrected chi connectivity index (χ3v) is 3.77. The average Bonchev–Trinajstić information content (AvgIpc) is 2.66. The summed E-state index contributed by atoms with van der Waals surface area (Å²) in [4.78, 5) is 24.3. The molecule has 0 atom stereocenters. The number of nitriles is 1. The van der Waals surface area contributed by atoms with E-state index in [1.807, 2.05) is 13.0 Å². The summed E-state index contributed by atoms with van der Waals surface area (Å²) in [5, 5.41) is 11.7. The lowest BCUT2D eigenvalue weighted by atomic mass is 10.2. The fraction of sp³-hybridized carbons (Fsp3) is 0.211. The molecule has 0 aliphatic rings. The van der Waals surface area contributed by atoms with E-state index in [1.165, 1.54) is 0 Å². The van der Waals surface area contributed by atoms with Gasteiger partial charge in [-0.2, -0.15) is 5.26 Å². The molecule has 0 unspecified atom stereocenters. The Morgan fingerprint density at radius 1 is 1.23 bits per heavy atom. The fourth-order valence-corrected chi connectivity index (χ4v) is 2.44. The maximum Gasteiger partial charge on any atom is 0.340 e. The number of nitrogens with zero attached hydrogens (tertiary/aromatic N) is 1. The minimum atomic E-state index is -0.515. The second kappa shape index (κ2) is 9.59. The first-order chi connectivity index (χ1) is 12.5. The van der Waals surface area contributed by atoms with Gasteiger partial charge in [0.05, 0.1) is 23.4 Å². The fourth-order valence-electron chi connectivity index (χ4n) is 2.08. The summed E-state index contributed by atoms with van der Waals surface area (Å²) in [6, 6.07) is 13.5. The lowest BCUT2D eigenvalue weighted by Gasteiger charge is -2.12. The Morgan fingerprint density at radius 3 is 2.73 bits per heavy atom. The monoisotopic (exact) mass is 416 g/mol. The van der Waals surface area contributed by atoms with Crippen molar-refractivity contribution in [3.8, 4) is 11.8 Å². The zero-order valence-corrected chi connectivity index (χ0v) is 15.7. The Kier molecular flexibility index (Phi) is 7.18. The molecule has 0 bridgehead atoms. The van der Waals surface area contributed by atoms with Crippen LogP contribution >= 0.6 is 15.9 Å². The molecular formula is C19H17BrN2O4. The zero-order valence-electron chi connectivity index (χ0n) is 14.1. The third-order valence-electron chi connectivity index (χ3n) is 3.28. The van der Waals surface area contributed by atoms with Crippen LogP contribution in [-0.2, 0) is 9.53 Å². The second-order valence-corrected chi connectivity index (χ2v) is 6.19. The van der Waals surface area contributed by atoms with Crippen molar-refractivity contribution < 1.29 is 19.1 Å². The molecule has 1 N–H and O–H groups in total. The van der Waals surface area contributed by atoms with E-state index < -0.39 is 11.9 Å². The maximum atomic E-state index is 12.2. The van der Waals surface area contributed by atoms with Crippen LogP contribution in [0, 0.1) is 11.3 Å². The Labute approximate surface area is 159 Å². The van der Waals surface area contributed by atoms with E-state index in [2.05, 4.69) is 21.2 Å². The van der Waals surface area contributed by atoms with E-state index in [0.29, 0.717) is 34.5 Å². The number of carbonyl (C=O) groups is 2. The summed E-state index contributed by atoms with van der Waals surface area (Å²) in [6.45, 7) is 1.90. The summed E-state index contributed by atoms with van der Waals surface area (Å²) >= 11 is 3.30. The van der Waals surface area contributed by atoms with E-state index in [1.54, 1.807) is 42.5 Å². The lowest BCUT2D eigenvalue weighted by molar-refractivity contribution is -0.118. The van der Waals surface area contributed by atoms with Crippen LogP contribution < -0.4 is 10.1 Å². The molecule has 0 aliphatic carbocycles. The molecule has 0 spiro atoms. The minimum absolute atomic E-state index is 0.249. The van der Waals surface area contributed by atoms with Gasteiger partial charge in [0.15, 0.2) is 6.61 Å². The third kappa shape index (κ3) is 5.33. The number of halogens is 1. The number of carbonyl (C=O) groups excluding carboxylic acids is 2. The first-order valence-electron chi connectivity index (χ1n) is 7.93. The van der Waals surface area contributed by atoms with Gasteiger partial charge in [-0.1, -0.05) is 35.0 Å². The summed E-state index contributed by atoms with van der Waals surface area (Å²) in [6.07, 6.45) is 0.702. The highest BCUT2D eigenvalue weighted by atomic mass is 79.9. The van der Waals surface area contributed by atoms with Crippen molar-refractivity contribution in [1.29, 1.82) is 5.26 Å². The highest BCUT2D eigenvalue weighted by Crippen LogP contribution is 2.22. The molecule has 0 radical (unpaired) electrons. The summed E-state index contributed by atoms with van der Waals surface area (Å²) < 4.78 is 11.2. The number of rotatable bonds is 7. The molecule has 0 saturated heterocycles. The molecule has 0 aliphatic heterocycles. The van der Waals surface area contributed by atoms with Crippen molar-refractivity contribution in [2.24, 2.45) is 0 Å². The van der Waals surface area contributed by atoms with Crippen molar-refractivity contribution in [1.82, 2.24) is 0 Å². The smallest absolute Gasteiger partial charge is 0.340 e. The number of anilines is 1. The molecule has 0 fully saturated rings. The van der Waals surface area contributed by atoms with Gasteiger partial charge in [0.25, 0.3) is 5.91 Å². The van der Waals surface area contributed by atoms with Crippen molar-refractivity contribution in [2.45, 2.75) is 13.3 Å². The van der Waals surface area contributed by atoms with Crippen molar-refractivity contribution in [3.63, 3.8) is 0 Å². The van der Waals surface area contributed by atoms with E-state index in [-0.39, 0.29) is 12.2 Å². The van der Waals surface area contributed by atoms with Crippen LogP contribution in [0.1, 0.15) is 29.3 Å². The van der Waals surface area contributed by atoms with Gasteiger partial charge in [-0.3, -0.25) is 4.79 Å². The topological polar surface area (TPSA) is 88.4 Å². The molecule has 6 nitrogen and oxygen atoms in total. The number of ether oxygens (including phenoxy) is 2. The number of amides is 1. The SMILES string of the molecule is CCCOC(=O)c1cc(Br)ccc1NC(=O)COc1ccccc1C#N. The van der Waals surface area contributed by atoms with Gasteiger partial charge in [0.2, 0.25) is 0 Å². The zero-order chi connectivity index (χ0) is 18.9. The van der Waals surface area contributed by atoms with Crippen LogP contribution in [0.5, 0.6) is 5.75 Å². The number of esters is 1. The molecule has 2 rings (SSSR count). The Balaban J connectivity index is 2.07. The lowest BCUT2D eigenvalue weighted by Crippen LogP contribution is -2.22.